The van der Waals surface area contributed by atoms with Crippen molar-refractivity contribution in [3.63, 3.8) is 0 Å². The minimum absolute atomic E-state index is 0.107. The number of hydrogen-bond acceptors (Lipinski definition) is 23. The third kappa shape index (κ3) is 15.5. The Morgan fingerprint density at radius 3 is 1.37 bits per heavy atom. The predicted octanol–water partition coefficient (Wildman–Crippen LogP) is 0.643. The summed E-state index contributed by atoms with van der Waals surface area (Å²) in [6.07, 6.45) is -14.3. The van der Waals surface area contributed by atoms with Gasteiger partial charge in [-0.1, -0.05) is 0 Å². The topological polar surface area (TPSA) is 343 Å². The lowest BCUT2D eigenvalue weighted by Crippen LogP contribution is -2.60. The van der Waals surface area contributed by atoms with Gasteiger partial charge in [0.25, 0.3) is 17.5 Å². The molecule has 2 aliphatic heterocycles. The number of ether oxygens (including phenoxy) is 10. The third-order valence-corrected chi connectivity index (χ3v) is 10.2. The highest BCUT2D eigenvalue weighted by molar-refractivity contribution is 6.04. The second-order valence-electron chi connectivity index (χ2n) is 16.3. The molecule has 0 saturated carbocycles. The number of aromatic nitrogens is 2. The lowest BCUT2D eigenvalue weighted by molar-refractivity contribution is -0.385. The molecule has 28 heteroatoms. The zero-order valence-corrected chi connectivity index (χ0v) is 40.4. The standard InChI is InChI=1S/C43H56N6O22/c1-20(50)62-18-32-34(64-22(3)52)36(66-24(5)54)38(68-26(7)56)42(70-32)47-16-28(14-30(47)40(58)44-12-11-13-46(9)10)45-41(59)31-15-29(49(60)61)17-48(31)43-39(69-27(8)57)37(67-25(6)55)35(65-23(4)53)33(71-43)19-63-21(2)51/h14-17,32-39,42-43H,11-13,18-19H2,1-10H3,(H,44,58)(H,45,59)/t32-,33-,34-,35-,36-,37-,38-,39-,42+,43+/m1/s1. The quantitative estimate of drug-likeness (QED) is 0.0604. The number of hydrogen-bond donors (Lipinski definition) is 2. The summed E-state index contributed by atoms with van der Waals surface area (Å²) >= 11 is 0. The number of esters is 8. The third-order valence-electron chi connectivity index (χ3n) is 10.2. The van der Waals surface area contributed by atoms with Crippen LogP contribution in [0.3, 0.4) is 0 Å². The zero-order chi connectivity index (χ0) is 53.0. The fourth-order valence-corrected chi connectivity index (χ4v) is 7.64. The number of amides is 2. The van der Waals surface area contributed by atoms with Gasteiger partial charge in [-0.25, -0.2) is 0 Å². The van der Waals surface area contributed by atoms with Crippen LogP contribution in [0.2, 0.25) is 0 Å². The van der Waals surface area contributed by atoms with Gasteiger partial charge in [0.1, 0.15) is 36.8 Å². The number of anilines is 1. The van der Waals surface area contributed by atoms with E-state index in [1.165, 1.54) is 0 Å². The maximum atomic E-state index is 14.6. The summed E-state index contributed by atoms with van der Waals surface area (Å²) in [6, 6.07) is 1.95. The summed E-state index contributed by atoms with van der Waals surface area (Å²) in [4.78, 5) is 141. The van der Waals surface area contributed by atoms with Gasteiger partial charge in [0.2, 0.25) is 0 Å². The van der Waals surface area contributed by atoms with Gasteiger partial charge in [-0.3, -0.25) is 58.1 Å². The number of carbonyl (C=O) groups excluding carboxylic acids is 10. The molecule has 71 heavy (non-hydrogen) atoms. The summed E-state index contributed by atoms with van der Waals surface area (Å²) in [5, 5.41) is 17.6. The van der Waals surface area contributed by atoms with Crippen molar-refractivity contribution < 1.29 is 100 Å². The molecule has 2 saturated heterocycles. The molecule has 390 valence electrons. The highest BCUT2D eigenvalue weighted by atomic mass is 16.7. The van der Waals surface area contributed by atoms with Gasteiger partial charge in [0.15, 0.2) is 49.1 Å². The molecule has 2 aliphatic rings. The van der Waals surface area contributed by atoms with Crippen LogP contribution in [0.5, 0.6) is 0 Å². The Hall–Kier alpha value is -7.46. The van der Waals surface area contributed by atoms with Gasteiger partial charge in [-0.2, -0.15) is 0 Å². The van der Waals surface area contributed by atoms with E-state index in [1.807, 2.05) is 19.0 Å². The normalized spacial score (nSPS) is 23.8. The van der Waals surface area contributed by atoms with Crippen molar-refractivity contribution >= 4 is 70.9 Å². The van der Waals surface area contributed by atoms with E-state index in [1.54, 1.807) is 0 Å². The average molecular weight is 1010 g/mol. The Morgan fingerprint density at radius 2 is 0.972 bits per heavy atom. The van der Waals surface area contributed by atoms with E-state index in [4.69, 9.17) is 47.4 Å². The first-order valence-electron chi connectivity index (χ1n) is 21.7. The molecule has 0 aromatic carbocycles. The summed E-state index contributed by atoms with van der Waals surface area (Å²) in [5.41, 5.74) is -1.85. The molecule has 2 amide bonds. The van der Waals surface area contributed by atoms with Crippen LogP contribution >= 0.6 is 0 Å². The molecule has 10 atom stereocenters. The van der Waals surface area contributed by atoms with Gasteiger partial charge in [-0.05, 0) is 33.1 Å². The van der Waals surface area contributed by atoms with Gasteiger partial charge >= 0.3 is 47.8 Å². The van der Waals surface area contributed by atoms with Gasteiger partial charge in [0, 0.05) is 74.2 Å². The van der Waals surface area contributed by atoms with Gasteiger partial charge < -0.3 is 72.0 Å². The van der Waals surface area contributed by atoms with Crippen molar-refractivity contribution in [3.05, 3.63) is 46.0 Å². The van der Waals surface area contributed by atoms with E-state index in [0.29, 0.717) is 13.0 Å². The van der Waals surface area contributed by atoms with Crippen molar-refractivity contribution in [1.82, 2.24) is 19.4 Å². The van der Waals surface area contributed by atoms with Gasteiger partial charge in [-0.15, -0.1) is 0 Å². The first-order valence-corrected chi connectivity index (χ1v) is 21.7. The smallest absolute Gasteiger partial charge is 0.303 e. The number of carbonyl (C=O) groups is 10. The summed E-state index contributed by atoms with van der Waals surface area (Å²) in [6.45, 7) is 7.48. The molecule has 0 unspecified atom stereocenters. The number of nitro groups is 1. The fraction of sp³-hybridized carbons (Fsp3) is 0.581. The minimum Gasteiger partial charge on any atom is -0.463 e. The molecule has 4 heterocycles. The largest absolute Gasteiger partial charge is 0.463 e. The molecule has 4 rings (SSSR count). The fourth-order valence-electron chi connectivity index (χ4n) is 7.64. The average Bonchev–Trinajstić information content (AvgIpc) is 3.88. The highest BCUT2D eigenvalue weighted by Crippen LogP contribution is 2.39. The molecule has 2 fully saturated rings. The van der Waals surface area contributed by atoms with E-state index < -0.39 is 150 Å². The molecule has 0 bridgehead atoms. The molecular formula is C43H56N6O22. The zero-order valence-electron chi connectivity index (χ0n) is 40.4. The SMILES string of the molecule is CC(=O)OC[C@H]1O[C@H](n2cc(NC(=O)c3cc([N+](=O)[O-])cn3[C@H]3O[C@H](COC(C)=O)[C@@H](OC(C)=O)[C@@H](OC(C)=O)[C@H]3OC(C)=O)cc2C(=O)NCCCN(C)C)[C@H](OC(C)=O)[C@H](OC(C)=O)[C@@H]1OC(C)=O. The van der Waals surface area contributed by atoms with Gasteiger partial charge in [0.05, 0.1) is 16.8 Å². The number of rotatable bonds is 20. The minimum atomic E-state index is -1.84. The molecule has 0 aliphatic carbocycles. The predicted molar refractivity (Wildman–Crippen MR) is 233 cm³/mol. The molecule has 28 nitrogen and oxygen atoms in total. The van der Waals surface area contributed by atoms with Crippen molar-refractivity contribution in [1.29, 1.82) is 0 Å². The molecule has 0 radical (unpaired) electrons. The Kier molecular flexibility index (Phi) is 19.7. The van der Waals surface area contributed by atoms with Crippen LogP contribution in [-0.4, -0.2) is 168 Å². The second-order valence-corrected chi connectivity index (χ2v) is 16.3. The Labute approximate surface area is 404 Å². The van der Waals surface area contributed by atoms with Crippen LogP contribution < -0.4 is 10.6 Å². The molecule has 0 spiro atoms. The van der Waals surface area contributed by atoms with Crippen LogP contribution in [-0.2, 0) is 85.7 Å². The summed E-state index contributed by atoms with van der Waals surface area (Å²) < 4.78 is 57.9. The summed E-state index contributed by atoms with van der Waals surface area (Å²) in [5.74, 6) is -9.31. The molecule has 2 aromatic heterocycles. The van der Waals surface area contributed by atoms with Crippen molar-refractivity contribution in [2.45, 2.75) is 123 Å². The summed E-state index contributed by atoms with van der Waals surface area (Å²) in [7, 11) is 3.63. The van der Waals surface area contributed by atoms with Crippen LogP contribution in [0.15, 0.2) is 24.5 Å². The van der Waals surface area contributed by atoms with Crippen LogP contribution in [0.4, 0.5) is 11.4 Å². The molecule has 2 aromatic rings. The van der Waals surface area contributed by atoms with Crippen molar-refractivity contribution in [3.8, 4) is 0 Å². The number of nitrogens with one attached hydrogen (secondary N) is 2. The second kappa shape index (κ2) is 24.9. The Bertz CT molecular complexity index is 2360. The maximum Gasteiger partial charge on any atom is 0.303 e. The Balaban J connectivity index is 1.93. The van der Waals surface area contributed by atoms with Crippen molar-refractivity contribution in [2.24, 2.45) is 0 Å². The monoisotopic (exact) mass is 1010 g/mol. The highest BCUT2D eigenvalue weighted by Gasteiger charge is 2.55. The van der Waals surface area contributed by atoms with E-state index in [2.05, 4.69) is 10.6 Å². The first kappa shape index (κ1) is 56.1. The van der Waals surface area contributed by atoms with Crippen LogP contribution in [0.1, 0.15) is 95.2 Å². The van der Waals surface area contributed by atoms with E-state index >= 15 is 0 Å². The molecular weight excluding hydrogens is 952 g/mol. The first-order chi connectivity index (χ1) is 33.3. The van der Waals surface area contributed by atoms with Crippen LogP contribution in [0, 0.1) is 10.1 Å². The molecule has 2 N–H and O–H groups in total. The van der Waals surface area contributed by atoms with E-state index in [-0.39, 0.29) is 17.9 Å². The Morgan fingerprint density at radius 1 is 0.577 bits per heavy atom. The van der Waals surface area contributed by atoms with Crippen molar-refractivity contribution in [2.75, 3.05) is 45.7 Å². The van der Waals surface area contributed by atoms with E-state index in [0.717, 1.165) is 89.1 Å². The van der Waals surface area contributed by atoms with E-state index in [9.17, 15) is 58.1 Å². The van der Waals surface area contributed by atoms with Crippen LogP contribution in [0.25, 0.3) is 0 Å². The lowest BCUT2D eigenvalue weighted by atomic mass is 9.97. The maximum absolute atomic E-state index is 14.6. The number of nitrogens with zero attached hydrogens (tertiary/aromatic N) is 4. The lowest BCUT2D eigenvalue weighted by Gasteiger charge is -2.45.